The average molecular weight is 214 g/mol. The maximum Gasteiger partial charge on any atom is 0.169 e. The van der Waals surface area contributed by atoms with Crippen molar-refractivity contribution in [2.24, 2.45) is 0 Å². The molecule has 2 aromatic rings. The highest BCUT2D eigenvalue weighted by Gasteiger charge is 2.13. The van der Waals surface area contributed by atoms with Gasteiger partial charge < -0.3 is 4.57 Å². The van der Waals surface area contributed by atoms with Gasteiger partial charge in [0, 0.05) is 0 Å². The van der Waals surface area contributed by atoms with E-state index in [1.807, 2.05) is 0 Å². The van der Waals surface area contributed by atoms with Gasteiger partial charge in [0.25, 0.3) is 0 Å². The Morgan fingerprint density at radius 3 is 2.33 bits per heavy atom. The van der Waals surface area contributed by atoms with Crippen molar-refractivity contribution < 1.29 is 0 Å². The fraction of sp³-hybridized carbons (Fsp3) is 0.231. The highest BCUT2D eigenvalue weighted by Crippen LogP contribution is 2.11. The second kappa shape index (κ2) is 4.17. The molecular weight excluding hydrogens is 198 g/mol. The standard InChI is InChI=1S/C13H16NSi/c1-14(2)15(3)13-10-6-8-11-7-4-5-9-12(11)13/h4-10H,1-3H3. The van der Waals surface area contributed by atoms with E-state index in [1.165, 1.54) is 16.0 Å². The molecule has 0 bridgehead atoms. The van der Waals surface area contributed by atoms with Crippen molar-refractivity contribution in [2.75, 3.05) is 14.1 Å². The molecule has 1 nitrogen and oxygen atoms in total. The SMILES string of the molecule is CN(C)[Si](C)c1cccc2ccccc12. The summed E-state index contributed by atoms with van der Waals surface area (Å²) in [5.41, 5.74) is 0. The van der Waals surface area contributed by atoms with Crippen molar-refractivity contribution in [1.82, 2.24) is 4.57 Å². The third kappa shape index (κ3) is 1.96. The van der Waals surface area contributed by atoms with E-state index in [0.717, 1.165) is 0 Å². The van der Waals surface area contributed by atoms with Gasteiger partial charge in [-0.05, 0) is 30.1 Å². The summed E-state index contributed by atoms with van der Waals surface area (Å²) in [6, 6.07) is 15.2. The van der Waals surface area contributed by atoms with Crippen LogP contribution in [0.5, 0.6) is 0 Å². The van der Waals surface area contributed by atoms with E-state index in [0.29, 0.717) is 0 Å². The molecule has 0 atom stereocenters. The summed E-state index contributed by atoms with van der Waals surface area (Å²) in [6.07, 6.45) is 0. The van der Waals surface area contributed by atoms with Gasteiger partial charge in [0.2, 0.25) is 0 Å². The Morgan fingerprint density at radius 2 is 1.60 bits per heavy atom. The minimum absolute atomic E-state index is 0.576. The van der Waals surface area contributed by atoms with Gasteiger partial charge in [-0.1, -0.05) is 49.0 Å². The summed E-state index contributed by atoms with van der Waals surface area (Å²) in [5, 5.41) is 4.26. The van der Waals surface area contributed by atoms with Crippen LogP contribution in [0.4, 0.5) is 0 Å². The van der Waals surface area contributed by atoms with Gasteiger partial charge in [-0.15, -0.1) is 0 Å². The van der Waals surface area contributed by atoms with Crippen molar-refractivity contribution in [1.29, 1.82) is 0 Å². The van der Waals surface area contributed by atoms with E-state index in [2.05, 4.69) is 67.7 Å². The molecule has 0 fully saturated rings. The minimum atomic E-state index is -0.576. The molecular formula is C13H16NSi. The summed E-state index contributed by atoms with van der Waals surface area (Å²) < 4.78 is 2.34. The zero-order valence-corrected chi connectivity index (χ0v) is 10.5. The summed E-state index contributed by atoms with van der Waals surface area (Å²) >= 11 is 0. The van der Waals surface area contributed by atoms with Crippen molar-refractivity contribution in [3.05, 3.63) is 42.5 Å². The molecule has 0 heterocycles. The second-order valence-corrected chi connectivity index (χ2v) is 6.61. The van der Waals surface area contributed by atoms with Crippen LogP contribution in [-0.4, -0.2) is 27.6 Å². The number of hydrogen-bond donors (Lipinski definition) is 0. The first kappa shape index (κ1) is 10.4. The van der Waals surface area contributed by atoms with Gasteiger partial charge in [0.1, 0.15) is 0 Å². The largest absolute Gasteiger partial charge is 0.326 e. The molecule has 2 aromatic carbocycles. The molecule has 0 N–H and O–H groups in total. The predicted molar refractivity (Wildman–Crippen MR) is 68.9 cm³/mol. The monoisotopic (exact) mass is 214 g/mol. The molecule has 2 heteroatoms. The topological polar surface area (TPSA) is 3.24 Å². The van der Waals surface area contributed by atoms with Crippen LogP contribution in [0.1, 0.15) is 0 Å². The van der Waals surface area contributed by atoms with Crippen molar-refractivity contribution >= 4 is 24.9 Å². The van der Waals surface area contributed by atoms with Crippen LogP contribution in [0.3, 0.4) is 0 Å². The number of nitrogens with zero attached hydrogens (tertiary/aromatic N) is 1. The molecule has 0 saturated carbocycles. The molecule has 0 saturated heterocycles. The van der Waals surface area contributed by atoms with Crippen LogP contribution >= 0.6 is 0 Å². The molecule has 0 amide bonds. The molecule has 0 aromatic heterocycles. The van der Waals surface area contributed by atoms with Crippen LogP contribution in [0.15, 0.2) is 42.5 Å². The lowest BCUT2D eigenvalue weighted by atomic mass is 10.1. The summed E-state index contributed by atoms with van der Waals surface area (Å²) in [4.78, 5) is 0. The average Bonchev–Trinajstić information content (AvgIpc) is 2.27. The Labute approximate surface area is 93.0 Å². The van der Waals surface area contributed by atoms with Crippen LogP contribution in [0, 0.1) is 0 Å². The molecule has 15 heavy (non-hydrogen) atoms. The lowest BCUT2D eigenvalue weighted by Gasteiger charge is -2.19. The Morgan fingerprint density at radius 1 is 0.933 bits per heavy atom. The van der Waals surface area contributed by atoms with Gasteiger partial charge in [-0.3, -0.25) is 0 Å². The highest BCUT2D eigenvalue weighted by atomic mass is 28.3. The lowest BCUT2D eigenvalue weighted by Crippen LogP contribution is -2.41. The lowest BCUT2D eigenvalue weighted by molar-refractivity contribution is 0.653. The fourth-order valence-electron chi connectivity index (χ4n) is 1.78. The number of benzene rings is 2. The van der Waals surface area contributed by atoms with E-state index in [-0.39, 0.29) is 0 Å². The third-order valence-corrected chi connectivity index (χ3v) is 5.41. The van der Waals surface area contributed by atoms with E-state index in [1.54, 1.807) is 0 Å². The van der Waals surface area contributed by atoms with Crippen LogP contribution < -0.4 is 5.19 Å². The second-order valence-electron chi connectivity index (χ2n) is 4.01. The smallest absolute Gasteiger partial charge is 0.169 e. The zero-order valence-electron chi connectivity index (χ0n) is 9.49. The summed E-state index contributed by atoms with van der Waals surface area (Å²) in [5.74, 6) is 0. The molecule has 0 aliphatic carbocycles. The predicted octanol–water partition coefficient (Wildman–Crippen LogP) is 2.23. The first-order valence-corrected chi connectivity index (χ1v) is 7.14. The maximum absolute atomic E-state index is 2.34. The molecule has 1 radical (unpaired) electrons. The first-order valence-electron chi connectivity index (χ1n) is 5.19. The molecule has 0 aliphatic heterocycles. The van der Waals surface area contributed by atoms with Crippen molar-refractivity contribution in [2.45, 2.75) is 6.55 Å². The summed E-state index contributed by atoms with van der Waals surface area (Å²) in [6.45, 7) is 2.34. The van der Waals surface area contributed by atoms with Crippen LogP contribution in [-0.2, 0) is 0 Å². The Balaban J connectivity index is 2.60. The van der Waals surface area contributed by atoms with Crippen LogP contribution in [0.25, 0.3) is 10.8 Å². The van der Waals surface area contributed by atoms with Crippen molar-refractivity contribution in [3.63, 3.8) is 0 Å². The van der Waals surface area contributed by atoms with Crippen LogP contribution in [0.2, 0.25) is 6.55 Å². The number of rotatable bonds is 2. The van der Waals surface area contributed by atoms with Gasteiger partial charge in [0.15, 0.2) is 8.96 Å². The molecule has 2 rings (SSSR count). The van der Waals surface area contributed by atoms with Gasteiger partial charge in [-0.25, -0.2) is 0 Å². The normalized spacial score (nSPS) is 11.5. The highest BCUT2D eigenvalue weighted by molar-refractivity contribution is 6.71. The zero-order chi connectivity index (χ0) is 10.8. The van der Waals surface area contributed by atoms with E-state index in [4.69, 9.17) is 0 Å². The van der Waals surface area contributed by atoms with Gasteiger partial charge >= 0.3 is 0 Å². The van der Waals surface area contributed by atoms with Gasteiger partial charge in [0.05, 0.1) is 0 Å². The van der Waals surface area contributed by atoms with E-state index >= 15 is 0 Å². The molecule has 0 spiro atoms. The maximum atomic E-state index is 2.34. The quantitative estimate of drug-likeness (QED) is 0.693. The van der Waals surface area contributed by atoms with Gasteiger partial charge in [-0.2, -0.15) is 0 Å². The fourth-order valence-corrected chi connectivity index (χ4v) is 3.22. The Kier molecular flexibility index (Phi) is 2.89. The van der Waals surface area contributed by atoms with E-state index < -0.39 is 8.96 Å². The van der Waals surface area contributed by atoms with E-state index in [9.17, 15) is 0 Å². The molecule has 0 unspecified atom stereocenters. The first-order chi connectivity index (χ1) is 7.20. The molecule has 77 valence electrons. The van der Waals surface area contributed by atoms with Crippen molar-refractivity contribution in [3.8, 4) is 0 Å². The minimum Gasteiger partial charge on any atom is -0.326 e. The Hall–Kier alpha value is -1.12. The third-order valence-electron chi connectivity index (χ3n) is 2.85. The number of fused-ring (bicyclic) bond motifs is 1. The summed E-state index contributed by atoms with van der Waals surface area (Å²) in [7, 11) is 3.75. The molecule has 0 aliphatic rings. The number of hydrogen-bond acceptors (Lipinski definition) is 1. The Bertz CT molecular complexity index is 460.